The van der Waals surface area contributed by atoms with E-state index < -0.39 is 11.8 Å². The lowest BCUT2D eigenvalue weighted by atomic mass is 10.1. The average Bonchev–Trinajstić information content (AvgIpc) is 3.11. The number of rotatable bonds is 9. The first-order valence-corrected chi connectivity index (χ1v) is 13.1. The van der Waals surface area contributed by atoms with E-state index in [1.54, 1.807) is 35.2 Å². The van der Waals surface area contributed by atoms with E-state index in [2.05, 4.69) is 21.4 Å². The number of halogens is 1. The van der Waals surface area contributed by atoms with Gasteiger partial charge < -0.3 is 14.4 Å². The number of thioether (sulfide) groups is 1. The van der Waals surface area contributed by atoms with Crippen LogP contribution in [-0.2, 0) is 9.59 Å². The molecule has 1 aliphatic rings. The van der Waals surface area contributed by atoms with Crippen LogP contribution in [0.5, 0.6) is 11.5 Å². The fraction of sp³-hybridized carbons (Fsp3) is 0.280. The van der Waals surface area contributed by atoms with Crippen molar-refractivity contribution in [1.29, 1.82) is 0 Å². The van der Waals surface area contributed by atoms with Crippen molar-refractivity contribution < 1.29 is 23.9 Å². The van der Waals surface area contributed by atoms with Crippen molar-refractivity contribution in [3.63, 3.8) is 0 Å². The monoisotopic (exact) mass is 591 g/mol. The summed E-state index contributed by atoms with van der Waals surface area (Å²) < 4.78 is 12.0. The van der Waals surface area contributed by atoms with Crippen LogP contribution in [0, 0.1) is 6.92 Å². The van der Waals surface area contributed by atoms with Crippen LogP contribution in [0.3, 0.4) is 0 Å². The highest BCUT2D eigenvalue weighted by atomic mass is 79.9. The first-order valence-electron chi connectivity index (χ1n) is 11.1. The summed E-state index contributed by atoms with van der Waals surface area (Å²) >= 11 is 9.88. The molecule has 3 rings (SSSR count). The summed E-state index contributed by atoms with van der Waals surface area (Å²) in [6.07, 6.45) is 1.65. The summed E-state index contributed by atoms with van der Waals surface area (Å²) in [5.41, 5.74) is 4.48. The smallest absolute Gasteiger partial charge is 0.285 e. The highest BCUT2D eigenvalue weighted by Gasteiger charge is 2.34. The van der Waals surface area contributed by atoms with Crippen LogP contribution >= 0.6 is 39.9 Å². The summed E-state index contributed by atoms with van der Waals surface area (Å²) in [5.74, 6) is -0.211. The maximum Gasteiger partial charge on any atom is 0.285 e. The van der Waals surface area contributed by atoms with Crippen LogP contribution in [0.15, 0.2) is 45.8 Å². The second-order valence-corrected chi connectivity index (χ2v) is 10.2. The Morgan fingerprint density at radius 3 is 2.56 bits per heavy atom. The van der Waals surface area contributed by atoms with Crippen LogP contribution in [-0.4, -0.2) is 58.8 Å². The average molecular weight is 593 g/mol. The number of nitrogens with zero attached hydrogens (tertiary/aromatic N) is 2. The van der Waals surface area contributed by atoms with Gasteiger partial charge in [-0.25, -0.2) is 0 Å². The van der Waals surface area contributed by atoms with Crippen LogP contribution in [0.25, 0.3) is 6.08 Å². The highest BCUT2D eigenvalue weighted by molar-refractivity contribution is 9.10. The summed E-state index contributed by atoms with van der Waals surface area (Å²) in [4.78, 5) is 40.0. The maximum absolute atomic E-state index is 13.0. The number of carbonyl (C=O) groups is 3. The molecule has 0 bridgehead atoms. The van der Waals surface area contributed by atoms with E-state index in [1.165, 1.54) is 7.11 Å². The van der Waals surface area contributed by atoms with Gasteiger partial charge in [0.2, 0.25) is 0 Å². The molecule has 1 saturated heterocycles. The number of hydrazine groups is 1. The molecule has 0 aromatic heterocycles. The fourth-order valence-electron chi connectivity index (χ4n) is 3.47. The Morgan fingerprint density at radius 2 is 1.92 bits per heavy atom. The largest absolute Gasteiger partial charge is 0.493 e. The Bertz CT molecular complexity index is 1230. The molecule has 2 aromatic rings. The molecule has 11 heteroatoms. The Balaban J connectivity index is 1.78. The van der Waals surface area contributed by atoms with Crippen molar-refractivity contribution in [2.75, 3.05) is 26.8 Å². The standard InChI is InChI=1S/C25H26BrN3O5S2/c1-5-28(6-2)21(30)14-34-22-18(26)11-16(12-19(22)33-4)13-20-24(32)29(25(35)36-20)27-23(31)17-10-8-7-9-15(17)3/h7-13H,5-6,14H2,1-4H3,(H,27,31)/b20-13+. The molecule has 0 atom stereocenters. The van der Waals surface area contributed by atoms with E-state index in [4.69, 9.17) is 21.7 Å². The molecule has 3 amide bonds. The number of ether oxygens (including phenoxy) is 2. The topological polar surface area (TPSA) is 88.2 Å². The molecular weight excluding hydrogens is 566 g/mol. The van der Waals surface area contributed by atoms with Gasteiger partial charge in [0, 0.05) is 18.7 Å². The zero-order chi connectivity index (χ0) is 26.4. The number of methoxy groups -OCH3 is 1. The van der Waals surface area contributed by atoms with Crippen molar-refractivity contribution in [1.82, 2.24) is 15.3 Å². The minimum atomic E-state index is -0.438. The van der Waals surface area contributed by atoms with Gasteiger partial charge in [-0.2, -0.15) is 5.01 Å². The molecule has 0 spiro atoms. The van der Waals surface area contributed by atoms with Crippen molar-refractivity contribution in [3.05, 3.63) is 62.5 Å². The van der Waals surface area contributed by atoms with E-state index in [0.717, 1.165) is 22.3 Å². The minimum absolute atomic E-state index is 0.130. The number of nitrogens with one attached hydrogen (secondary N) is 1. The molecule has 0 saturated carbocycles. The van der Waals surface area contributed by atoms with Gasteiger partial charge in [0.15, 0.2) is 22.4 Å². The summed E-state index contributed by atoms with van der Waals surface area (Å²) in [6, 6.07) is 10.5. The summed E-state index contributed by atoms with van der Waals surface area (Å²) in [7, 11) is 1.49. The molecule has 8 nitrogen and oxygen atoms in total. The lowest BCUT2D eigenvalue weighted by Gasteiger charge is -2.20. The first kappa shape index (κ1) is 27.7. The molecular formula is C25H26BrN3O5S2. The number of aryl methyl sites for hydroxylation is 1. The van der Waals surface area contributed by atoms with Crippen LogP contribution in [0.2, 0.25) is 0 Å². The molecule has 0 aliphatic carbocycles. The third-order valence-electron chi connectivity index (χ3n) is 5.40. The van der Waals surface area contributed by atoms with Crippen molar-refractivity contribution in [2.45, 2.75) is 20.8 Å². The van der Waals surface area contributed by atoms with Gasteiger partial charge in [-0.3, -0.25) is 19.8 Å². The Hall–Kier alpha value is -2.89. The van der Waals surface area contributed by atoms with Gasteiger partial charge in [-0.15, -0.1) is 0 Å². The number of amides is 3. The Labute approximate surface area is 228 Å². The van der Waals surface area contributed by atoms with Gasteiger partial charge in [0.1, 0.15) is 0 Å². The highest BCUT2D eigenvalue weighted by Crippen LogP contribution is 2.39. The van der Waals surface area contributed by atoms with Crippen molar-refractivity contribution in [2.24, 2.45) is 0 Å². The van der Waals surface area contributed by atoms with Crippen LogP contribution in [0.4, 0.5) is 0 Å². The van der Waals surface area contributed by atoms with Gasteiger partial charge in [-0.1, -0.05) is 30.0 Å². The summed E-state index contributed by atoms with van der Waals surface area (Å²) in [6.45, 7) is 6.69. The maximum atomic E-state index is 13.0. The molecule has 1 aliphatic heterocycles. The predicted octanol–water partition coefficient (Wildman–Crippen LogP) is 4.56. The normalized spacial score (nSPS) is 14.2. The number of hydrogen-bond donors (Lipinski definition) is 1. The molecule has 0 unspecified atom stereocenters. The first-order chi connectivity index (χ1) is 17.2. The number of likely N-dealkylation sites (N-methyl/N-ethyl adjacent to an activating group) is 1. The molecule has 2 aromatic carbocycles. The molecule has 1 N–H and O–H groups in total. The van der Waals surface area contributed by atoms with Crippen LogP contribution < -0.4 is 14.9 Å². The van der Waals surface area contributed by atoms with E-state index in [1.807, 2.05) is 32.9 Å². The van der Waals surface area contributed by atoms with E-state index in [0.29, 0.717) is 45.1 Å². The molecule has 1 heterocycles. The molecule has 36 heavy (non-hydrogen) atoms. The van der Waals surface area contributed by atoms with Crippen molar-refractivity contribution >= 4 is 68.0 Å². The minimum Gasteiger partial charge on any atom is -0.493 e. The fourth-order valence-corrected chi connectivity index (χ4v) is 5.22. The van der Waals surface area contributed by atoms with Crippen LogP contribution in [0.1, 0.15) is 35.3 Å². The zero-order valence-electron chi connectivity index (χ0n) is 20.3. The molecule has 1 fully saturated rings. The van der Waals surface area contributed by atoms with E-state index in [9.17, 15) is 14.4 Å². The van der Waals surface area contributed by atoms with E-state index >= 15 is 0 Å². The number of carbonyl (C=O) groups excluding carboxylic acids is 3. The van der Waals surface area contributed by atoms with Gasteiger partial charge in [-0.05, 0) is 84.3 Å². The van der Waals surface area contributed by atoms with Gasteiger partial charge in [0.05, 0.1) is 16.5 Å². The Morgan fingerprint density at radius 1 is 1.22 bits per heavy atom. The number of thiocarbonyl (C=S) groups is 1. The zero-order valence-corrected chi connectivity index (χ0v) is 23.5. The molecule has 0 radical (unpaired) electrons. The van der Waals surface area contributed by atoms with E-state index in [-0.39, 0.29) is 16.8 Å². The second kappa shape index (κ2) is 12.4. The summed E-state index contributed by atoms with van der Waals surface area (Å²) in [5, 5.41) is 1.07. The lowest BCUT2D eigenvalue weighted by Crippen LogP contribution is -2.45. The quantitative estimate of drug-likeness (QED) is 0.338. The lowest BCUT2D eigenvalue weighted by molar-refractivity contribution is -0.133. The Kier molecular flexibility index (Phi) is 9.52. The molecule has 190 valence electrons. The second-order valence-electron chi connectivity index (χ2n) is 7.66. The number of hydrogen-bond acceptors (Lipinski definition) is 7. The predicted molar refractivity (Wildman–Crippen MR) is 148 cm³/mol. The SMILES string of the molecule is CCN(CC)C(=O)COc1c(Br)cc(/C=C2/SC(=S)N(NC(=O)c3ccccc3C)C2=O)cc1OC. The third kappa shape index (κ3) is 6.26. The van der Waals surface area contributed by atoms with Gasteiger partial charge in [0.25, 0.3) is 17.7 Å². The number of benzene rings is 2. The van der Waals surface area contributed by atoms with Crippen molar-refractivity contribution in [3.8, 4) is 11.5 Å². The van der Waals surface area contributed by atoms with Gasteiger partial charge >= 0.3 is 0 Å². The third-order valence-corrected chi connectivity index (χ3v) is 7.29.